The quantitative estimate of drug-likeness (QED) is 0.813. The molecule has 1 aromatic carbocycles. The molecule has 6 nitrogen and oxygen atoms in total. The molecule has 1 saturated carbocycles. The first kappa shape index (κ1) is 21.0. The third-order valence-electron chi connectivity index (χ3n) is 5.54. The van der Waals surface area contributed by atoms with Crippen molar-refractivity contribution in [3.05, 3.63) is 46.6 Å². The Bertz CT molecular complexity index is 988. The number of hydrogen-bond acceptors (Lipinski definition) is 4. The molecule has 0 saturated heterocycles. The second-order valence-electron chi connectivity index (χ2n) is 9.39. The summed E-state index contributed by atoms with van der Waals surface area (Å²) >= 11 is 1.62. The molecular weight excluding hydrogens is 396 g/mol. The highest BCUT2D eigenvalue weighted by atomic mass is 32.2. The molecule has 2 aliphatic rings. The van der Waals surface area contributed by atoms with E-state index >= 15 is 0 Å². The van der Waals surface area contributed by atoms with Crippen LogP contribution in [0.2, 0.25) is 0 Å². The van der Waals surface area contributed by atoms with Gasteiger partial charge >= 0.3 is 0 Å². The topological polar surface area (TPSA) is 67.2 Å². The smallest absolute Gasteiger partial charge is 0.240 e. The van der Waals surface area contributed by atoms with Crippen molar-refractivity contribution in [1.29, 1.82) is 0 Å². The molecule has 1 atom stereocenters. The maximum atomic E-state index is 13.2. The number of benzene rings is 1. The van der Waals surface area contributed by atoms with E-state index in [4.69, 9.17) is 5.10 Å². The lowest BCUT2D eigenvalue weighted by atomic mass is 9.87. The number of thioether (sulfide) groups is 1. The van der Waals surface area contributed by atoms with Crippen molar-refractivity contribution in [3.63, 3.8) is 0 Å². The number of carbonyl (C=O) groups excluding carboxylic acids is 2. The van der Waals surface area contributed by atoms with Gasteiger partial charge in [-0.2, -0.15) is 5.10 Å². The van der Waals surface area contributed by atoms with Crippen molar-refractivity contribution >= 4 is 29.4 Å². The predicted molar refractivity (Wildman–Crippen MR) is 121 cm³/mol. The van der Waals surface area contributed by atoms with E-state index in [9.17, 15) is 9.59 Å². The Hall–Kier alpha value is -2.28. The van der Waals surface area contributed by atoms with Crippen LogP contribution in [0.15, 0.2) is 24.3 Å². The molecule has 2 heterocycles. The lowest BCUT2D eigenvalue weighted by molar-refractivity contribution is -0.123. The standard InChI is InChI=1S/C23H30N4O2S/c1-14-7-6-8-15(11-14)20-19-21(23(2,3)4)25-26(5)22(19)27(18(29)13-30-20)12-17(28)24-16-9-10-16/h6-8,11,16,20H,9-10,12-13H2,1-5H3,(H,24,28)/t20-/m1/s1. The van der Waals surface area contributed by atoms with Gasteiger partial charge in [0.05, 0.1) is 16.7 Å². The van der Waals surface area contributed by atoms with E-state index in [1.54, 1.807) is 21.3 Å². The number of hydrogen-bond donors (Lipinski definition) is 1. The fourth-order valence-corrected chi connectivity index (χ4v) is 5.17. The van der Waals surface area contributed by atoms with Gasteiger partial charge in [-0.25, -0.2) is 0 Å². The van der Waals surface area contributed by atoms with E-state index in [-0.39, 0.29) is 35.1 Å². The van der Waals surface area contributed by atoms with Gasteiger partial charge in [0, 0.05) is 24.1 Å². The zero-order valence-electron chi connectivity index (χ0n) is 18.4. The monoisotopic (exact) mass is 426 g/mol. The number of aromatic nitrogens is 2. The van der Waals surface area contributed by atoms with Crippen molar-refractivity contribution in [2.24, 2.45) is 7.05 Å². The number of aryl methyl sites for hydroxylation is 2. The highest BCUT2D eigenvalue weighted by Crippen LogP contribution is 2.47. The van der Waals surface area contributed by atoms with Crippen LogP contribution in [0.1, 0.15) is 61.2 Å². The third-order valence-corrected chi connectivity index (χ3v) is 6.80. The van der Waals surface area contributed by atoms with Crippen LogP contribution in [0.5, 0.6) is 0 Å². The van der Waals surface area contributed by atoms with Gasteiger partial charge in [0.1, 0.15) is 12.4 Å². The molecule has 2 amide bonds. The van der Waals surface area contributed by atoms with E-state index in [0.717, 1.165) is 35.5 Å². The van der Waals surface area contributed by atoms with Gasteiger partial charge in [-0.05, 0) is 25.3 Å². The average Bonchev–Trinajstić information content (AvgIpc) is 3.41. The molecule has 4 rings (SSSR count). The van der Waals surface area contributed by atoms with Gasteiger partial charge < -0.3 is 5.32 Å². The Balaban J connectivity index is 1.83. The average molecular weight is 427 g/mol. The van der Waals surface area contributed by atoms with Gasteiger partial charge in [0.2, 0.25) is 11.8 Å². The number of nitrogens with zero attached hydrogens (tertiary/aromatic N) is 3. The normalized spacial score (nSPS) is 19.4. The van der Waals surface area contributed by atoms with Gasteiger partial charge in [0.15, 0.2) is 0 Å². The number of fused-ring (bicyclic) bond motifs is 1. The van der Waals surface area contributed by atoms with Crippen LogP contribution < -0.4 is 10.2 Å². The van der Waals surface area contributed by atoms with E-state index in [0.29, 0.717) is 5.75 Å². The van der Waals surface area contributed by atoms with E-state index in [1.807, 2.05) is 7.05 Å². The molecular formula is C23H30N4O2S. The molecule has 1 aliphatic carbocycles. The zero-order valence-corrected chi connectivity index (χ0v) is 19.2. The molecule has 1 fully saturated rings. The van der Waals surface area contributed by atoms with Crippen molar-refractivity contribution < 1.29 is 9.59 Å². The van der Waals surface area contributed by atoms with Gasteiger partial charge in [-0.15, -0.1) is 11.8 Å². The largest absolute Gasteiger partial charge is 0.352 e. The van der Waals surface area contributed by atoms with Crippen LogP contribution in [0.3, 0.4) is 0 Å². The number of amides is 2. The molecule has 2 aromatic rings. The van der Waals surface area contributed by atoms with Crippen molar-refractivity contribution in [2.75, 3.05) is 17.2 Å². The number of anilines is 1. The minimum Gasteiger partial charge on any atom is -0.352 e. The first-order chi connectivity index (χ1) is 14.1. The maximum absolute atomic E-state index is 13.2. The second-order valence-corrected chi connectivity index (χ2v) is 10.5. The fourth-order valence-electron chi connectivity index (χ4n) is 3.98. The summed E-state index contributed by atoms with van der Waals surface area (Å²) in [5.74, 6) is 0.917. The lowest BCUT2D eigenvalue weighted by Gasteiger charge is -2.24. The summed E-state index contributed by atoms with van der Waals surface area (Å²) < 4.78 is 1.78. The summed E-state index contributed by atoms with van der Waals surface area (Å²) in [7, 11) is 1.87. The minimum absolute atomic E-state index is 0.0109. The van der Waals surface area contributed by atoms with Gasteiger partial charge in [0.25, 0.3) is 0 Å². The molecule has 0 radical (unpaired) electrons. The van der Waals surface area contributed by atoms with E-state index in [1.165, 1.54) is 5.56 Å². The zero-order chi connectivity index (χ0) is 21.6. The van der Waals surface area contributed by atoms with Crippen molar-refractivity contribution in [2.45, 2.75) is 57.2 Å². The highest BCUT2D eigenvalue weighted by Gasteiger charge is 2.39. The molecule has 0 spiro atoms. The first-order valence-electron chi connectivity index (χ1n) is 10.5. The van der Waals surface area contributed by atoms with Gasteiger partial charge in [-0.3, -0.25) is 19.2 Å². The Morgan fingerprint density at radius 2 is 2.03 bits per heavy atom. The van der Waals surface area contributed by atoms with E-state index in [2.05, 4.69) is 57.3 Å². The highest BCUT2D eigenvalue weighted by molar-refractivity contribution is 8.00. The summed E-state index contributed by atoms with van der Waals surface area (Å²) in [5, 5.41) is 7.85. The van der Waals surface area contributed by atoms with Gasteiger partial charge in [-0.1, -0.05) is 50.6 Å². The molecule has 1 aliphatic heterocycles. The number of nitrogens with one attached hydrogen (secondary N) is 1. The van der Waals surface area contributed by atoms with Crippen molar-refractivity contribution in [3.8, 4) is 0 Å². The molecule has 1 N–H and O–H groups in total. The van der Waals surface area contributed by atoms with E-state index < -0.39 is 0 Å². The molecule has 1 aromatic heterocycles. The lowest BCUT2D eigenvalue weighted by Crippen LogP contribution is -2.43. The predicted octanol–water partition coefficient (Wildman–Crippen LogP) is 3.47. The minimum atomic E-state index is -0.191. The molecule has 0 unspecified atom stereocenters. The summed E-state index contributed by atoms with van der Waals surface area (Å²) in [6.45, 7) is 8.55. The van der Waals surface area contributed by atoms with Crippen molar-refractivity contribution in [1.82, 2.24) is 15.1 Å². The summed E-state index contributed by atoms with van der Waals surface area (Å²) in [6, 6.07) is 8.71. The molecule has 0 bridgehead atoms. The number of rotatable bonds is 4. The van der Waals surface area contributed by atoms with Crippen LogP contribution in [-0.2, 0) is 22.1 Å². The Labute approximate surface area is 182 Å². The Morgan fingerprint density at radius 3 is 2.67 bits per heavy atom. The summed E-state index contributed by atoms with van der Waals surface area (Å²) in [5.41, 5.74) is 4.18. The Morgan fingerprint density at radius 1 is 1.30 bits per heavy atom. The molecule has 30 heavy (non-hydrogen) atoms. The Kier molecular flexibility index (Phi) is 5.43. The second kappa shape index (κ2) is 7.76. The third kappa shape index (κ3) is 4.13. The molecule has 7 heteroatoms. The van der Waals surface area contributed by atoms with Crippen LogP contribution in [0.4, 0.5) is 5.82 Å². The van der Waals surface area contributed by atoms with Crippen LogP contribution in [0.25, 0.3) is 0 Å². The summed E-state index contributed by atoms with van der Waals surface area (Å²) in [6.07, 6.45) is 2.05. The first-order valence-corrected chi connectivity index (χ1v) is 11.6. The SMILES string of the molecule is Cc1cccc([C@H]2SCC(=O)N(CC(=O)NC3CC3)c3c2c(C(C)(C)C)nn3C)c1. The fraction of sp³-hybridized carbons (Fsp3) is 0.522. The van der Waals surface area contributed by atoms with Crippen LogP contribution >= 0.6 is 11.8 Å². The maximum Gasteiger partial charge on any atom is 0.240 e. The molecule has 160 valence electrons. The van der Waals surface area contributed by atoms with Crippen LogP contribution in [0, 0.1) is 6.92 Å². The number of carbonyl (C=O) groups is 2. The van der Waals surface area contributed by atoms with Crippen LogP contribution in [-0.4, -0.2) is 39.9 Å². The summed E-state index contributed by atoms with van der Waals surface area (Å²) in [4.78, 5) is 27.4.